The van der Waals surface area contributed by atoms with Crippen molar-refractivity contribution < 1.29 is 0 Å². The van der Waals surface area contributed by atoms with Crippen LogP contribution in [0.2, 0.25) is 0 Å². The smallest absolute Gasteiger partial charge is 0.0121 e. The van der Waals surface area contributed by atoms with Crippen LogP contribution in [-0.4, -0.2) is 12.6 Å². The summed E-state index contributed by atoms with van der Waals surface area (Å²) in [5, 5.41) is 3.81. The van der Waals surface area contributed by atoms with Gasteiger partial charge in [0.2, 0.25) is 0 Å². The van der Waals surface area contributed by atoms with Crippen molar-refractivity contribution in [1.82, 2.24) is 5.32 Å². The molecule has 1 aliphatic rings. The van der Waals surface area contributed by atoms with Crippen LogP contribution in [0.4, 0.5) is 0 Å². The van der Waals surface area contributed by atoms with Crippen LogP contribution in [-0.2, 0) is 0 Å². The summed E-state index contributed by atoms with van der Waals surface area (Å²) in [6.07, 6.45) is 11.3. The average molecular weight is 239 g/mol. The Labute approximate surface area is 109 Å². The van der Waals surface area contributed by atoms with E-state index in [9.17, 15) is 0 Å². The Morgan fingerprint density at radius 3 is 2.29 bits per heavy atom. The maximum atomic E-state index is 3.81. The molecule has 1 aliphatic carbocycles. The fraction of sp³-hybridized carbons (Fsp3) is 1.00. The number of nitrogens with one attached hydrogen (secondary N) is 1. The van der Waals surface area contributed by atoms with Crippen molar-refractivity contribution in [3.8, 4) is 0 Å². The minimum atomic E-state index is 0.451. The van der Waals surface area contributed by atoms with E-state index in [0.717, 1.165) is 12.0 Å². The van der Waals surface area contributed by atoms with Gasteiger partial charge in [-0.25, -0.2) is 0 Å². The van der Waals surface area contributed by atoms with Gasteiger partial charge >= 0.3 is 0 Å². The summed E-state index contributed by atoms with van der Waals surface area (Å²) in [5.41, 5.74) is 0.451. The number of hydrogen-bond donors (Lipinski definition) is 1. The average Bonchev–Trinajstić information content (AvgIpc) is 2.35. The van der Waals surface area contributed by atoms with Crippen molar-refractivity contribution in [1.29, 1.82) is 0 Å². The Morgan fingerprint density at radius 2 is 1.76 bits per heavy atom. The van der Waals surface area contributed by atoms with E-state index in [4.69, 9.17) is 0 Å². The molecule has 1 heteroatoms. The van der Waals surface area contributed by atoms with Gasteiger partial charge < -0.3 is 5.32 Å². The molecule has 0 aromatic rings. The third-order valence-electron chi connectivity index (χ3n) is 4.79. The molecule has 17 heavy (non-hydrogen) atoms. The van der Waals surface area contributed by atoms with E-state index in [1.54, 1.807) is 0 Å². The second-order valence-corrected chi connectivity index (χ2v) is 6.59. The fourth-order valence-corrected chi connectivity index (χ4v) is 3.00. The van der Waals surface area contributed by atoms with Crippen LogP contribution >= 0.6 is 0 Å². The topological polar surface area (TPSA) is 12.0 Å². The highest BCUT2D eigenvalue weighted by Gasteiger charge is 2.29. The Balaban J connectivity index is 2.49. The van der Waals surface area contributed by atoms with Crippen LogP contribution in [0.15, 0.2) is 0 Å². The molecule has 1 rings (SSSR count). The third kappa shape index (κ3) is 4.99. The molecule has 1 unspecified atom stereocenters. The van der Waals surface area contributed by atoms with Crippen molar-refractivity contribution in [2.45, 2.75) is 85.1 Å². The largest absolute Gasteiger partial charge is 0.313 e. The van der Waals surface area contributed by atoms with Gasteiger partial charge in [-0.3, -0.25) is 0 Å². The summed E-state index contributed by atoms with van der Waals surface area (Å²) < 4.78 is 0. The molecule has 0 spiro atoms. The van der Waals surface area contributed by atoms with E-state index in [0.29, 0.717) is 5.41 Å². The standard InChI is InChI=1S/C16H33N/c1-5-12-17-15(16(3,4)6-2)13-14-10-8-7-9-11-14/h14-15,17H,5-13H2,1-4H3. The first-order chi connectivity index (χ1) is 8.10. The predicted octanol–water partition coefficient (Wildman–Crippen LogP) is 4.76. The molecule has 102 valence electrons. The Bertz CT molecular complexity index is 192. The SMILES string of the molecule is CCCNC(CC1CCCCC1)C(C)(C)CC. The van der Waals surface area contributed by atoms with Gasteiger partial charge in [-0.1, -0.05) is 59.8 Å². The fourth-order valence-electron chi connectivity index (χ4n) is 3.00. The van der Waals surface area contributed by atoms with Crippen molar-refractivity contribution in [3.63, 3.8) is 0 Å². The highest BCUT2D eigenvalue weighted by atomic mass is 14.9. The van der Waals surface area contributed by atoms with Gasteiger partial charge in [-0.2, -0.15) is 0 Å². The van der Waals surface area contributed by atoms with Gasteiger partial charge in [0.15, 0.2) is 0 Å². The lowest BCUT2D eigenvalue weighted by Gasteiger charge is -2.37. The minimum Gasteiger partial charge on any atom is -0.313 e. The van der Waals surface area contributed by atoms with E-state index in [1.165, 1.54) is 57.9 Å². The second-order valence-electron chi connectivity index (χ2n) is 6.59. The lowest BCUT2D eigenvalue weighted by molar-refractivity contribution is 0.180. The first-order valence-electron chi connectivity index (χ1n) is 7.83. The molecule has 1 atom stereocenters. The molecule has 0 aromatic heterocycles. The highest BCUT2D eigenvalue weighted by Crippen LogP contribution is 2.34. The van der Waals surface area contributed by atoms with Gasteiger partial charge in [0, 0.05) is 6.04 Å². The van der Waals surface area contributed by atoms with Crippen molar-refractivity contribution in [3.05, 3.63) is 0 Å². The van der Waals surface area contributed by atoms with E-state index in [1.807, 2.05) is 0 Å². The summed E-state index contributed by atoms with van der Waals surface area (Å²) in [5.74, 6) is 0.990. The molecule has 0 saturated heterocycles. The summed E-state index contributed by atoms with van der Waals surface area (Å²) >= 11 is 0. The molecule has 0 aliphatic heterocycles. The Morgan fingerprint density at radius 1 is 1.12 bits per heavy atom. The summed E-state index contributed by atoms with van der Waals surface area (Å²) in [4.78, 5) is 0. The second kappa shape index (κ2) is 7.41. The molecular formula is C16H33N. The summed E-state index contributed by atoms with van der Waals surface area (Å²) in [7, 11) is 0. The third-order valence-corrected chi connectivity index (χ3v) is 4.79. The lowest BCUT2D eigenvalue weighted by atomic mass is 9.74. The first-order valence-corrected chi connectivity index (χ1v) is 7.83. The maximum absolute atomic E-state index is 3.81. The lowest BCUT2D eigenvalue weighted by Crippen LogP contribution is -2.43. The zero-order chi connectivity index (χ0) is 12.7. The quantitative estimate of drug-likeness (QED) is 0.675. The zero-order valence-corrected chi connectivity index (χ0v) is 12.5. The molecule has 0 heterocycles. The first kappa shape index (κ1) is 15.0. The molecule has 0 radical (unpaired) electrons. The van der Waals surface area contributed by atoms with Crippen LogP contribution in [0, 0.1) is 11.3 Å². The summed E-state index contributed by atoms with van der Waals surface area (Å²) in [6.45, 7) is 10.7. The predicted molar refractivity (Wildman–Crippen MR) is 77.3 cm³/mol. The van der Waals surface area contributed by atoms with Gasteiger partial charge in [0.25, 0.3) is 0 Å². The molecular weight excluding hydrogens is 206 g/mol. The van der Waals surface area contributed by atoms with Crippen LogP contribution in [0.1, 0.15) is 79.1 Å². The molecule has 0 amide bonds. The van der Waals surface area contributed by atoms with E-state index in [-0.39, 0.29) is 0 Å². The monoisotopic (exact) mass is 239 g/mol. The van der Waals surface area contributed by atoms with Crippen molar-refractivity contribution >= 4 is 0 Å². The normalized spacial score (nSPS) is 20.5. The van der Waals surface area contributed by atoms with E-state index in [2.05, 4.69) is 33.0 Å². The molecule has 1 fully saturated rings. The Hall–Kier alpha value is -0.0400. The minimum absolute atomic E-state index is 0.451. The Kier molecular flexibility index (Phi) is 6.54. The van der Waals surface area contributed by atoms with Crippen molar-refractivity contribution in [2.24, 2.45) is 11.3 Å². The maximum Gasteiger partial charge on any atom is 0.0121 e. The van der Waals surface area contributed by atoms with Crippen LogP contribution in [0.25, 0.3) is 0 Å². The van der Waals surface area contributed by atoms with E-state index >= 15 is 0 Å². The van der Waals surface area contributed by atoms with Crippen LogP contribution in [0.5, 0.6) is 0 Å². The molecule has 1 N–H and O–H groups in total. The molecule has 1 nitrogen and oxygen atoms in total. The van der Waals surface area contributed by atoms with Gasteiger partial charge in [-0.15, -0.1) is 0 Å². The molecule has 0 aromatic carbocycles. The van der Waals surface area contributed by atoms with Crippen molar-refractivity contribution in [2.75, 3.05) is 6.54 Å². The highest BCUT2D eigenvalue weighted by molar-refractivity contribution is 4.85. The zero-order valence-electron chi connectivity index (χ0n) is 12.5. The van der Waals surface area contributed by atoms with Gasteiger partial charge in [-0.05, 0) is 37.1 Å². The van der Waals surface area contributed by atoms with Crippen LogP contribution < -0.4 is 5.32 Å². The van der Waals surface area contributed by atoms with Gasteiger partial charge in [0.05, 0.1) is 0 Å². The molecule has 0 bridgehead atoms. The number of hydrogen-bond acceptors (Lipinski definition) is 1. The number of rotatable bonds is 7. The van der Waals surface area contributed by atoms with E-state index < -0.39 is 0 Å². The molecule has 1 saturated carbocycles. The van der Waals surface area contributed by atoms with Crippen LogP contribution in [0.3, 0.4) is 0 Å². The van der Waals surface area contributed by atoms with Gasteiger partial charge in [0.1, 0.15) is 0 Å². The summed E-state index contributed by atoms with van der Waals surface area (Å²) in [6, 6.07) is 0.718.